The minimum Gasteiger partial charge on any atom is -0.356 e. The van der Waals surface area contributed by atoms with E-state index in [-0.39, 0.29) is 17.7 Å². The number of hydrogen-bond acceptors (Lipinski definition) is 3. The zero-order valence-corrected chi connectivity index (χ0v) is 14.4. The van der Waals surface area contributed by atoms with Gasteiger partial charge < -0.3 is 10.2 Å². The predicted molar refractivity (Wildman–Crippen MR) is 95.1 cm³/mol. The van der Waals surface area contributed by atoms with Gasteiger partial charge in [0.2, 0.25) is 11.8 Å². The van der Waals surface area contributed by atoms with Crippen molar-refractivity contribution in [2.45, 2.75) is 39.0 Å². The highest BCUT2D eigenvalue weighted by molar-refractivity contribution is 5.92. The third-order valence-electron chi connectivity index (χ3n) is 4.36. The van der Waals surface area contributed by atoms with Gasteiger partial charge in [0.1, 0.15) is 0 Å². The van der Waals surface area contributed by atoms with Crippen LogP contribution in [-0.2, 0) is 9.59 Å². The molecule has 0 saturated carbocycles. The molecule has 5 nitrogen and oxygen atoms in total. The topological polar surface area (TPSA) is 62.3 Å². The van der Waals surface area contributed by atoms with Gasteiger partial charge in [-0.15, -0.1) is 0 Å². The van der Waals surface area contributed by atoms with Gasteiger partial charge in [-0.3, -0.25) is 14.6 Å². The number of hydrogen-bond donors (Lipinski definition) is 1. The summed E-state index contributed by atoms with van der Waals surface area (Å²) in [6.07, 6.45) is 11.6. The monoisotopic (exact) mass is 329 g/mol. The third-order valence-corrected chi connectivity index (χ3v) is 4.36. The van der Waals surface area contributed by atoms with E-state index in [4.69, 9.17) is 0 Å². The molecule has 1 N–H and O–H groups in total. The van der Waals surface area contributed by atoms with Crippen LogP contribution >= 0.6 is 0 Å². The van der Waals surface area contributed by atoms with Gasteiger partial charge in [-0.05, 0) is 37.0 Å². The molecule has 0 atom stereocenters. The minimum absolute atomic E-state index is 0.000608. The van der Waals surface area contributed by atoms with Crippen LogP contribution in [0, 0.1) is 5.92 Å². The number of pyridine rings is 1. The molecule has 2 rings (SSSR count). The Labute approximate surface area is 144 Å². The van der Waals surface area contributed by atoms with Crippen LogP contribution in [0.1, 0.15) is 44.6 Å². The van der Waals surface area contributed by atoms with Crippen LogP contribution in [0.5, 0.6) is 0 Å². The molecule has 1 saturated heterocycles. The second-order valence-electron chi connectivity index (χ2n) is 6.22. The van der Waals surface area contributed by atoms with E-state index in [0.29, 0.717) is 13.1 Å². The summed E-state index contributed by atoms with van der Waals surface area (Å²) in [5, 5.41) is 3.01. The zero-order chi connectivity index (χ0) is 17.2. The number of likely N-dealkylation sites (tertiary alicyclic amines) is 1. The number of unbranched alkanes of at least 4 members (excludes halogenated alkanes) is 2. The fourth-order valence-electron chi connectivity index (χ4n) is 2.84. The van der Waals surface area contributed by atoms with Gasteiger partial charge in [0.25, 0.3) is 0 Å². The van der Waals surface area contributed by atoms with Crippen LogP contribution < -0.4 is 5.32 Å². The summed E-state index contributed by atoms with van der Waals surface area (Å²) in [6.45, 7) is 4.20. The molecule has 1 aliphatic heterocycles. The Kier molecular flexibility index (Phi) is 7.46. The number of carbonyl (C=O) groups is 2. The van der Waals surface area contributed by atoms with Gasteiger partial charge in [-0.2, -0.15) is 0 Å². The molecule has 130 valence electrons. The average molecular weight is 329 g/mol. The van der Waals surface area contributed by atoms with Crippen molar-refractivity contribution in [2.75, 3.05) is 19.6 Å². The third kappa shape index (κ3) is 5.80. The number of aromatic nitrogens is 1. The number of piperidine rings is 1. The minimum atomic E-state index is 0.000608. The van der Waals surface area contributed by atoms with E-state index >= 15 is 0 Å². The molecule has 2 amide bonds. The first-order valence-corrected chi connectivity index (χ1v) is 8.85. The maximum Gasteiger partial charge on any atom is 0.246 e. The van der Waals surface area contributed by atoms with E-state index in [1.807, 2.05) is 17.0 Å². The van der Waals surface area contributed by atoms with E-state index < -0.39 is 0 Å². The number of rotatable bonds is 7. The van der Waals surface area contributed by atoms with E-state index in [2.05, 4.69) is 17.2 Å². The smallest absolute Gasteiger partial charge is 0.246 e. The van der Waals surface area contributed by atoms with Crippen molar-refractivity contribution in [1.29, 1.82) is 0 Å². The van der Waals surface area contributed by atoms with E-state index in [1.54, 1.807) is 24.5 Å². The summed E-state index contributed by atoms with van der Waals surface area (Å²) in [5.74, 6) is 0.183. The molecule has 1 aromatic heterocycles. The fraction of sp³-hybridized carbons (Fsp3) is 0.526. The molecule has 5 heteroatoms. The van der Waals surface area contributed by atoms with Gasteiger partial charge in [0, 0.05) is 44.0 Å². The Morgan fingerprint density at radius 1 is 1.33 bits per heavy atom. The van der Waals surface area contributed by atoms with Crippen LogP contribution in [0.2, 0.25) is 0 Å². The Morgan fingerprint density at radius 3 is 2.79 bits per heavy atom. The molecule has 0 radical (unpaired) electrons. The lowest BCUT2D eigenvalue weighted by Crippen LogP contribution is -2.42. The normalized spacial score (nSPS) is 15.6. The Bertz CT molecular complexity index is 549. The van der Waals surface area contributed by atoms with E-state index in [0.717, 1.165) is 44.2 Å². The standard InChI is InChI=1S/C19H27N3O2/c1-2-3-4-12-21-19(24)17-9-13-22(14-10-17)18(23)8-7-16-6-5-11-20-15-16/h5-8,11,15,17H,2-4,9-10,12-14H2,1H3,(H,21,24)/b8-7-. The maximum absolute atomic E-state index is 12.2. The van der Waals surface area contributed by atoms with Gasteiger partial charge in [-0.25, -0.2) is 0 Å². The van der Waals surface area contributed by atoms with Gasteiger partial charge >= 0.3 is 0 Å². The fourth-order valence-corrected chi connectivity index (χ4v) is 2.84. The molecule has 24 heavy (non-hydrogen) atoms. The van der Waals surface area contributed by atoms with Crippen molar-refractivity contribution in [3.8, 4) is 0 Å². The summed E-state index contributed by atoms with van der Waals surface area (Å²) < 4.78 is 0. The van der Waals surface area contributed by atoms with Crippen LogP contribution in [0.25, 0.3) is 6.08 Å². The molecule has 2 heterocycles. The van der Waals surface area contributed by atoms with Crippen LogP contribution in [0.4, 0.5) is 0 Å². The lowest BCUT2D eigenvalue weighted by molar-refractivity contribution is -0.132. The van der Waals surface area contributed by atoms with Gasteiger partial charge in [0.15, 0.2) is 0 Å². The molecular formula is C19H27N3O2. The van der Waals surface area contributed by atoms with E-state index in [9.17, 15) is 9.59 Å². The van der Waals surface area contributed by atoms with Crippen molar-refractivity contribution < 1.29 is 9.59 Å². The van der Waals surface area contributed by atoms with Crippen molar-refractivity contribution in [3.63, 3.8) is 0 Å². The van der Waals surface area contributed by atoms with Crippen LogP contribution in [-0.4, -0.2) is 41.3 Å². The Morgan fingerprint density at radius 2 is 2.12 bits per heavy atom. The molecule has 0 spiro atoms. The first-order valence-electron chi connectivity index (χ1n) is 8.85. The Hall–Kier alpha value is -2.17. The second kappa shape index (κ2) is 9.85. The van der Waals surface area contributed by atoms with E-state index in [1.165, 1.54) is 0 Å². The zero-order valence-electron chi connectivity index (χ0n) is 14.4. The molecule has 0 unspecified atom stereocenters. The van der Waals surface area contributed by atoms with Gasteiger partial charge in [0.05, 0.1) is 0 Å². The quantitative estimate of drug-likeness (QED) is 0.618. The van der Waals surface area contributed by atoms with Crippen molar-refractivity contribution >= 4 is 17.9 Å². The maximum atomic E-state index is 12.2. The molecule has 0 bridgehead atoms. The highest BCUT2D eigenvalue weighted by atomic mass is 16.2. The first-order chi connectivity index (χ1) is 11.7. The summed E-state index contributed by atoms with van der Waals surface area (Å²) in [5.41, 5.74) is 0.909. The molecule has 1 aliphatic rings. The number of nitrogens with one attached hydrogen (secondary N) is 1. The van der Waals surface area contributed by atoms with Crippen molar-refractivity contribution in [3.05, 3.63) is 36.2 Å². The number of nitrogens with zero attached hydrogens (tertiary/aromatic N) is 2. The lowest BCUT2D eigenvalue weighted by Gasteiger charge is -2.30. The largest absolute Gasteiger partial charge is 0.356 e. The summed E-state index contributed by atoms with van der Waals surface area (Å²) in [4.78, 5) is 30.2. The molecule has 0 aliphatic carbocycles. The Balaban J connectivity index is 1.72. The van der Waals surface area contributed by atoms with Crippen LogP contribution in [0.15, 0.2) is 30.6 Å². The van der Waals surface area contributed by atoms with Crippen molar-refractivity contribution in [1.82, 2.24) is 15.2 Å². The van der Waals surface area contributed by atoms with Crippen LogP contribution in [0.3, 0.4) is 0 Å². The highest BCUT2D eigenvalue weighted by Gasteiger charge is 2.26. The molecule has 1 aromatic rings. The summed E-state index contributed by atoms with van der Waals surface area (Å²) >= 11 is 0. The SMILES string of the molecule is CCCCCNC(=O)C1CCN(C(=O)/C=C\c2cccnc2)CC1. The highest BCUT2D eigenvalue weighted by Crippen LogP contribution is 2.18. The average Bonchev–Trinajstić information content (AvgIpc) is 2.64. The molecule has 0 aromatic carbocycles. The molecule has 1 fully saturated rings. The lowest BCUT2D eigenvalue weighted by atomic mass is 9.95. The molecular weight excluding hydrogens is 302 g/mol. The second-order valence-corrected chi connectivity index (χ2v) is 6.22. The number of carbonyl (C=O) groups excluding carboxylic acids is 2. The van der Waals surface area contributed by atoms with Gasteiger partial charge in [-0.1, -0.05) is 25.8 Å². The summed E-state index contributed by atoms with van der Waals surface area (Å²) in [7, 11) is 0. The first kappa shape index (κ1) is 18.2. The number of amides is 2. The summed E-state index contributed by atoms with van der Waals surface area (Å²) in [6, 6.07) is 3.75. The predicted octanol–water partition coefficient (Wildman–Crippen LogP) is 2.64. The van der Waals surface area contributed by atoms with Crippen molar-refractivity contribution in [2.24, 2.45) is 5.92 Å².